The molecule has 2 nitrogen and oxygen atoms in total. The van der Waals surface area contributed by atoms with E-state index in [9.17, 15) is 0 Å². The Morgan fingerprint density at radius 1 is 1.60 bits per heavy atom. The first-order valence-corrected chi connectivity index (χ1v) is 5.29. The molecule has 0 amide bonds. The zero-order valence-corrected chi connectivity index (χ0v) is 9.88. The van der Waals surface area contributed by atoms with Crippen LogP contribution < -0.4 is 0 Å². The molecule has 0 aromatic rings. The highest BCUT2D eigenvalue weighted by Gasteiger charge is 2.43. The molecule has 1 aliphatic rings. The Labute approximate surface area is 92.3 Å². The summed E-state index contributed by atoms with van der Waals surface area (Å²) in [5.41, 5.74) is 4.68. The molecule has 0 aliphatic heterocycles. The number of allylic oxidation sites excluding steroid dienone is 1. The molecular weight excluding hydrogens is 188 g/mol. The fourth-order valence-corrected chi connectivity index (χ4v) is 1.82. The van der Waals surface area contributed by atoms with Crippen molar-refractivity contribution >= 4 is 0 Å². The van der Waals surface area contributed by atoms with Gasteiger partial charge in [-0.25, -0.2) is 0 Å². The standard InChI is InChI=1S/C13H20O2/c1-5-7-15-10-12-9-11(6-8-14-4)13(12,2)3/h5,8,12H,1,7,9-10H2,2-4H3. The van der Waals surface area contributed by atoms with Crippen molar-refractivity contribution in [1.29, 1.82) is 0 Å². The molecule has 1 unspecified atom stereocenters. The van der Waals surface area contributed by atoms with Crippen LogP contribution in [0.2, 0.25) is 0 Å². The smallest absolute Gasteiger partial charge is 0.125 e. The van der Waals surface area contributed by atoms with Crippen molar-refractivity contribution in [2.24, 2.45) is 11.3 Å². The Morgan fingerprint density at radius 3 is 2.87 bits per heavy atom. The van der Waals surface area contributed by atoms with E-state index in [1.807, 2.05) is 0 Å². The van der Waals surface area contributed by atoms with Gasteiger partial charge >= 0.3 is 0 Å². The van der Waals surface area contributed by atoms with Gasteiger partial charge in [0.05, 0.1) is 20.3 Å². The van der Waals surface area contributed by atoms with Gasteiger partial charge < -0.3 is 9.47 Å². The molecule has 0 radical (unpaired) electrons. The van der Waals surface area contributed by atoms with Crippen LogP contribution in [0.25, 0.3) is 0 Å². The fourth-order valence-electron chi connectivity index (χ4n) is 1.82. The van der Waals surface area contributed by atoms with E-state index in [0.29, 0.717) is 12.5 Å². The van der Waals surface area contributed by atoms with Crippen molar-refractivity contribution in [3.8, 4) is 0 Å². The molecule has 1 rings (SSSR count). The Hall–Kier alpha value is -0.980. The summed E-state index contributed by atoms with van der Waals surface area (Å²) in [6, 6.07) is 0. The Kier molecular flexibility index (Phi) is 4.19. The molecule has 0 aromatic heterocycles. The van der Waals surface area contributed by atoms with Crippen LogP contribution in [-0.4, -0.2) is 20.3 Å². The zero-order chi connectivity index (χ0) is 11.3. The maximum Gasteiger partial charge on any atom is 0.125 e. The Bertz CT molecular complexity index is 283. The minimum Gasteiger partial charge on any atom is -0.496 e. The first kappa shape index (κ1) is 12.1. The molecule has 0 aromatic carbocycles. The van der Waals surface area contributed by atoms with Gasteiger partial charge in [0, 0.05) is 0 Å². The second kappa shape index (κ2) is 5.20. The van der Waals surface area contributed by atoms with E-state index in [1.165, 1.54) is 5.57 Å². The number of methoxy groups -OCH3 is 1. The highest BCUT2D eigenvalue weighted by atomic mass is 16.5. The molecule has 2 heteroatoms. The lowest BCUT2D eigenvalue weighted by molar-refractivity contribution is 0.0401. The number of ether oxygens (including phenoxy) is 2. The Morgan fingerprint density at radius 2 is 2.33 bits per heavy atom. The molecule has 1 fully saturated rings. The highest BCUT2D eigenvalue weighted by molar-refractivity contribution is 5.23. The highest BCUT2D eigenvalue weighted by Crippen LogP contribution is 2.50. The van der Waals surface area contributed by atoms with Crippen molar-refractivity contribution < 1.29 is 9.47 Å². The molecule has 0 bridgehead atoms. The predicted octanol–water partition coefficient (Wildman–Crippen LogP) is 2.92. The summed E-state index contributed by atoms with van der Waals surface area (Å²) in [6.45, 7) is 9.52. The number of rotatable bonds is 5. The second-order valence-electron chi connectivity index (χ2n) is 4.43. The van der Waals surface area contributed by atoms with E-state index in [2.05, 4.69) is 26.2 Å². The first-order valence-electron chi connectivity index (χ1n) is 5.29. The average Bonchev–Trinajstić information content (AvgIpc) is 2.21. The molecule has 0 N–H and O–H groups in total. The monoisotopic (exact) mass is 208 g/mol. The average molecular weight is 208 g/mol. The summed E-state index contributed by atoms with van der Waals surface area (Å²) >= 11 is 0. The van der Waals surface area contributed by atoms with Gasteiger partial charge in [-0.3, -0.25) is 0 Å². The fraction of sp³-hybridized carbons (Fsp3) is 0.615. The maximum absolute atomic E-state index is 5.47. The van der Waals surface area contributed by atoms with Gasteiger partial charge in [0.25, 0.3) is 0 Å². The van der Waals surface area contributed by atoms with Crippen molar-refractivity contribution in [3.63, 3.8) is 0 Å². The molecule has 1 atom stereocenters. The van der Waals surface area contributed by atoms with Crippen LogP contribution >= 0.6 is 0 Å². The van der Waals surface area contributed by atoms with Gasteiger partial charge in [0.15, 0.2) is 0 Å². The number of hydrogen-bond acceptors (Lipinski definition) is 2. The van der Waals surface area contributed by atoms with Crippen LogP contribution in [0.15, 0.2) is 30.2 Å². The summed E-state index contributed by atoms with van der Waals surface area (Å²) < 4.78 is 10.3. The van der Waals surface area contributed by atoms with Crippen LogP contribution in [-0.2, 0) is 9.47 Å². The van der Waals surface area contributed by atoms with Crippen molar-refractivity contribution in [2.45, 2.75) is 20.3 Å². The van der Waals surface area contributed by atoms with E-state index in [1.54, 1.807) is 19.4 Å². The summed E-state index contributed by atoms with van der Waals surface area (Å²) in [5.74, 6) is 0.588. The van der Waals surface area contributed by atoms with Gasteiger partial charge in [-0.1, -0.05) is 25.7 Å². The van der Waals surface area contributed by atoms with Crippen molar-refractivity contribution in [3.05, 3.63) is 30.2 Å². The number of hydrogen-bond donors (Lipinski definition) is 0. The molecule has 1 aliphatic carbocycles. The molecule has 0 spiro atoms. The van der Waals surface area contributed by atoms with Crippen LogP contribution in [0.1, 0.15) is 20.3 Å². The van der Waals surface area contributed by atoms with Crippen molar-refractivity contribution in [1.82, 2.24) is 0 Å². The largest absolute Gasteiger partial charge is 0.496 e. The minimum atomic E-state index is 0.191. The Balaban J connectivity index is 2.48. The van der Waals surface area contributed by atoms with Gasteiger partial charge in [0.2, 0.25) is 0 Å². The topological polar surface area (TPSA) is 18.5 Å². The molecule has 0 saturated heterocycles. The van der Waals surface area contributed by atoms with Crippen LogP contribution in [0.3, 0.4) is 0 Å². The summed E-state index contributed by atoms with van der Waals surface area (Å²) in [7, 11) is 1.64. The SMILES string of the molecule is C=CCOCC1CC(=C=COC)C1(C)C. The van der Waals surface area contributed by atoms with Crippen LogP contribution in [0.4, 0.5) is 0 Å². The van der Waals surface area contributed by atoms with Gasteiger partial charge in [0.1, 0.15) is 6.26 Å². The van der Waals surface area contributed by atoms with Gasteiger partial charge in [-0.15, -0.1) is 6.58 Å². The van der Waals surface area contributed by atoms with Gasteiger partial charge in [-0.2, -0.15) is 0 Å². The third-order valence-electron chi connectivity index (χ3n) is 3.15. The minimum absolute atomic E-state index is 0.191. The third kappa shape index (κ3) is 2.74. The lowest BCUT2D eigenvalue weighted by Gasteiger charge is -2.46. The van der Waals surface area contributed by atoms with E-state index in [0.717, 1.165) is 13.0 Å². The lowest BCUT2D eigenvalue weighted by atomic mass is 9.59. The quantitative estimate of drug-likeness (QED) is 0.299. The summed E-state index contributed by atoms with van der Waals surface area (Å²) in [4.78, 5) is 0. The van der Waals surface area contributed by atoms with E-state index in [4.69, 9.17) is 9.47 Å². The third-order valence-corrected chi connectivity index (χ3v) is 3.15. The normalized spacial score (nSPS) is 22.6. The molecule has 84 valence electrons. The van der Waals surface area contributed by atoms with E-state index in [-0.39, 0.29) is 5.41 Å². The van der Waals surface area contributed by atoms with Crippen molar-refractivity contribution in [2.75, 3.05) is 20.3 Å². The molecule has 0 heterocycles. The lowest BCUT2D eigenvalue weighted by Crippen LogP contribution is -2.40. The summed E-state index contributed by atoms with van der Waals surface area (Å²) in [5, 5.41) is 0. The maximum atomic E-state index is 5.47. The van der Waals surface area contributed by atoms with Crippen LogP contribution in [0.5, 0.6) is 0 Å². The van der Waals surface area contributed by atoms with E-state index >= 15 is 0 Å². The van der Waals surface area contributed by atoms with Gasteiger partial charge in [-0.05, 0) is 23.3 Å². The predicted molar refractivity (Wildman–Crippen MR) is 61.5 cm³/mol. The molecular formula is C13H20O2. The first-order chi connectivity index (χ1) is 7.12. The zero-order valence-electron chi connectivity index (χ0n) is 9.88. The molecule has 15 heavy (non-hydrogen) atoms. The second-order valence-corrected chi connectivity index (χ2v) is 4.43. The van der Waals surface area contributed by atoms with E-state index < -0.39 is 0 Å². The molecule has 1 saturated carbocycles. The van der Waals surface area contributed by atoms with Crippen LogP contribution in [0, 0.1) is 11.3 Å². The summed E-state index contributed by atoms with van der Waals surface area (Å²) in [6.07, 6.45) is 4.47.